The standard InChI is InChI=1S/C13H15N3/c1-10-3-5-11(6-4-10)16(2)12-7-8-13(14)15-9-12/h3-9H,1-2H3,(H2,14,15). The zero-order valence-electron chi connectivity index (χ0n) is 9.51. The largest absolute Gasteiger partial charge is 0.384 e. The summed E-state index contributed by atoms with van der Waals surface area (Å²) in [6.07, 6.45) is 1.77. The summed E-state index contributed by atoms with van der Waals surface area (Å²) >= 11 is 0. The Bertz CT molecular complexity index is 414. The van der Waals surface area contributed by atoms with Crippen molar-refractivity contribution >= 4 is 17.2 Å². The van der Waals surface area contributed by atoms with Crippen molar-refractivity contribution in [3.8, 4) is 0 Å². The highest BCUT2D eigenvalue weighted by molar-refractivity contribution is 5.62. The first-order valence-corrected chi connectivity index (χ1v) is 5.19. The first kappa shape index (κ1) is 10.5. The van der Waals surface area contributed by atoms with E-state index in [9.17, 15) is 0 Å². The van der Waals surface area contributed by atoms with Gasteiger partial charge >= 0.3 is 0 Å². The van der Waals surface area contributed by atoms with Crippen LogP contribution in [0.1, 0.15) is 5.56 Å². The topological polar surface area (TPSA) is 42.1 Å². The molecule has 2 rings (SSSR count). The number of aryl methyl sites for hydroxylation is 1. The van der Waals surface area contributed by atoms with Crippen molar-refractivity contribution in [3.63, 3.8) is 0 Å². The molecule has 0 atom stereocenters. The Morgan fingerprint density at radius 3 is 2.19 bits per heavy atom. The molecule has 0 unspecified atom stereocenters. The molecule has 3 heteroatoms. The molecular weight excluding hydrogens is 198 g/mol. The number of nitrogen functional groups attached to an aromatic ring is 1. The van der Waals surface area contributed by atoms with E-state index in [0.29, 0.717) is 5.82 Å². The van der Waals surface area contributed by atoms with E-state index in [-0.39, 0.29) is 0 Å². The zero-order valence-corrected chi connectivity index (χ0v) is 9.51. The van der Waals surface area contributed by atoms with E-state index in [4.69, 9.17) is 5.73 Å². The van der Waals surface area contributed by atoms with E-state index in [0.717, 1.165) is 11.4 Å². The lowest BCUT2D eigenvalue weighted by atomic mass is 10.2. The number of anilines is 3. The third-order valence-electron chi connectivity index (χ3n) is 2.58. The predicted molar refractivity (Wildman–Crippen MR) is 67.9 cm³/mol. The highest BCUT2D eigenvalue weighted by atomic mass is 15.1. The molecule has 0 bridgehead atoms. The molecule has 1 aromatic heterocycles. The molecule has 0 fully saturated rings. The number of pyridine rings is 1. The van der Waals surface area contributed by atoms with E-state index in [2.05, 4.69) is 41.1 Å². The average molecular weight is 213 g/mol. The highest BCUT2D eigenvalue weighted by Crippen LogP contribution is 2.23. The fourth-order valence-electron chi connectivity index (χ4n) is 1.51. The summed E-state index contributed by atoms with van der Waals surface area (Å²) in [6, 6.07) is 12.1. The van der Waals surface area contributed by atoms with Crippen LogP contribution in [0.2, 0.25) is 0 Å². The van der Waals surface area contributed by atoms with Gasteiger partial charge in [-0.15, -0.1) is 0 Å². The number of hydrogen-bond acceptors (Lipinski definition) is 3. The number of aromatic nitrogens is 1. The maximum Gasteiger partial charge on any atom is 0.123 e. The molecule has 16 heavy (non-hydrogen) atoms. The SMILES string of the molecule is Cc1ccc(N(C)c2ccc(N)nc2)cc1. The maximum absolute atomic E-state index is 5.56. The smallest absolute Gasteiger partial charge is 0.123 e. The van der Waals surface area contributed by atoms with Crippen molar-refractivity contribution in [3.05, 3.63) is 48.2 Å². The quantitative estimate of drug-likeness (QED) is 0.834. The van der Waals surface area contributed by atoms with E-state index in [1.165, 1.54) is 5.56 Å². The van der Waals surface area contributed by atoms with Crippen LogP contribution < -0.4 is 10.6 Å². The number of hydrogen-bond donors (Lipinski definition) is 1. The van der Waals surface area contributed by atoms with Gasteiger partial charge in [-0.05, 0) is 31.2 Å². The molecule has 0 spiro atoms. The van der Waals surface area contributed by atoms with Gasteiger partial charge in [0.1, 0.15) is 5.82 Å². The first-order chi connectivity index (χ1) is 7.66. The second-order valence-electron chi connectivity index (χ2n) is 3.84. The van der Waals surface area contributed by atoms with Gasteiger partial charge in [0.2, 0.25) is 0 Å². The van der Waals surface area contributed by atoms with Gasteiger partial charge < -0.3 is 10.6 Å². The number of rotatable bonds is 2. The Balaban J connectivity index is 2.28. The van der Waals surface area contributed by atoms with E-state index >= 15 is 0 Å². The number of benzene rings is 1. The Kier molecular flexibility index (Phi) is 2.77. The fourth-order valence-corrected chi connectivity index (χ4v) is 1.51. The second-order valence-corrected chi connectivity index (χ2v) is 3.84. The predicted octanol–water partition coefficient (Wildman–Crippen LogP) is 2.74. The molecule has 0 radical (unpaired) electrons. The van der Waals surface area contributed by atoms with Crippen molar-refractivity contribution in [2.75, 3.05) is 17.7 Å². The molecule has 0 aliphatic carbocycles. The number of nitrogens with two attached hydrogens (primary N) is 1. The fraction of sp³-hybridized carbons (Fsp3) is 0.154. The molecule has 0 aliphatic rings. The summed E-state index contributed by atoms with van der Waals surface area (Å²) in [5.74, 6) is 0.543. The highest BCUT2D eigenvalue weighted by Gasteiger charge is 2.03. The van der Waals surface area contributed by atoms with Gasteiger partial charge in [-0.2, -0.15) is 0 Å². The molecule has 0 amide bonds. The lowest BCUT2D eigenvalue weighted by Crippen LogP contribution is -2.09. The summed E-state index contributed by atoms with van der Waals surface area (Å²) in [5.41, 5.74) is 8.98. The summed E-state index contributed by atoms with van der Waals surface area (Å²) in [6.45, 7) is 2.08. The molecule has 3 nitrogen and oxygen atoms in total. The van der Waals surface area contributed by atoms with Gasteiger partial charge in [0, 0.05) is 12.7 Å². The Labute approximate surface area is 95.5 Å². The van der Waals surface area contributed by atoms with Crippen LogP contribution in [0.3, 0.4) is 0 Å². The van der Waals surface area contributed by atoms with E-state index < -0.39 is 0 Å². The Morgan fingerprint density at radius 1 is 1.00 bits per heavy atom. The minimum absolute atomic E-state index is 0.543. The number of nitrogens with zero attached hydrogens (tertiary/aromatic N) is 2. The molecular formula is C13H15N3. The third kappa shape index (κ3) is 2.14. The van der Waals surface area contributed by atoms with Crippen molar-refractivity contribution in [2.45, 2.75) is 6.92 Å². The van der Waals surface area contributed by atoms with Crippen LogP contribution >= 0.6 is 0 Å². The molecule has 1 aromatic carbocycles. The van der Waals surface area contributed by atoms with Crippen LogP contribution in [0.15, 0.2) is 42.6 Å². The molecule has 1 heterocycles. The average Bonchev–Trinajstić information content (AvgIpc) is 2.30. The summed E-state index contributed by atoms with van der Waals surface area (Å²) in [7, 11) is 2.01. The molecule has 82 valence electrons. The minimum atomic E-state index is 0.543. The van der Waals surface area contributed by atoms with Gasteiger partial charge in [-0.25, -0.2) is 4.98 Å². The molecule has 0 aliphatic heterocycles. The van der Waals surface area contributed by atoms with Crippen LogP contribution in [0.5, 0.6) is 0 Å². The van der Waals surface area contributed by atoms with Crippen molar-refractivity contribution in [1.29, 1.82) is 0 Å². The monoisotopic (exact) mass is 213 g/mol. The van der Waals surface area contributed by atoms with Gasteiger partial charge in [-0.3, -0.25) is 0 Å². The van der Waals surface area contributed by atoms with Gasteiger partial charge in [0.05, 0.1) is 11.9 Å². The lowest BCUT2D eigenvalue weighted by Gasteiger charge is -2.19. The van der Waals surface area contributed by atoms with E-state index in [1.807, 2.05) is 13.1 Å². The Hall–Kier alpha value is -2.03. The first-order valence-electron chi connectivity index (χ1n) is 5.19. The van der Waals surface area contributed by atoms with Gasteiger partial charge in [0.15, 0.2) is 0 Å². The molecule has 0 saturated heterocycles. The van der Waals surface area contributed by atoms with Crippen LogP contribution in [0, 0.1) is 6.92 Å². The summed E-state index contributed by atoms with van der Waals surface area (Å²) < 4.78 is 0. The third-order valence-corrected chi connectivity index (χ3v) is 2.58. The maximum atomic E-state index is 5.56. The summed E-state index contributed by atoms with van der Waals surface area (Å²) in [4.78, 5) is 6.15. The van der Waals surface area contributed by atoms with Crippen LogP contribution in [-0.2, 0) is 0 Å². The van der Waals surface area contributed by atoms with E-state index in [1.54, 1.807) is 12.3 Å². The molecule has 2 N–H and O–H groups in total. The molecule has 2 aromatic rings. The van der Waals surface area contributed by atoms with Gasteiger partial charge in [0.25, 0.3) is 0 Å². The summed E-state index contributed by atoms with van der Waals surface area (Å²) in [5, 5.41) is 0. The van der Waals surface area contributed by atoms with Crippen LogP contribution in [0.4, 0.5) is 17.2 Å². The van der Waals surface area contributed by atoms with Gasteiger partial charge in [-0.1, -0.05) is 17.7 Å². The lowest BCUT2D eigenvalue weighted by molar-refractivity contribution is 1.18. The Morgan fingerprint density at radius 2 is 1.62 bits per heavy atom. The normalized spacial score (nSPS) is 10.1. The van der Waals surface area contributed by atoms with Crippen LogP contribution in [0.25, 0.3) is 0 Å². The van der Waals surface area contributed by atoms with Crippen molar-refractivity contribution in [2.24, 2.45) is 0 Å². The van der Waals surface area contributed by atoms with Crippen LogP contribution in [-0.4, -0.2) is 12.0 Å². The minimum Gasteiger partial charge on any atom is -0.384 e. The zero-order chi connectivity index (χ0) is 11.5. The molecule has 0 saturated carbocycles. The second kappa shape index (κ2) is 4.23. The van der Waals surface area contributed by atoms with Crippen molar-refractivity contribution < 1.29 is 0 Å². The van der Waals surface area contributed by atoms with Crippen molar-refractivity contribution in [1.82, 2.24) is 4.98 Å².